The minimum absolute atomic E-state index is 0.0931. The van der Waals surface area contributed by atoms with Crippen LogP contribution in [0.4, 0.5) is 0 Å². The maximum absolute atomic E-state index is 12.3. The van der Waals surface area contributed by atoms with Crippen LogP contribution in [0, 0.1) is 11.8 Å². The fourth-order valence-corrected chi connectivity index (χ4v) is 3.39. The second kappa shape index (κ2) is 3.82. The van der Waals surface area contributed by atoms with Gasteiger partial charge in [-0.2, -0.15) is 0 Å². The van der Waals surface area contributed by atoms with Crippen molar-refractivity contribution >= 4 is 11.9 Å². The van der Waals surface area contributed by atoms with Crippen molar-refractivity contribution in [1.82, 2.24) is 4.90 Å². The summed E-state index contributed by atoms with van der Waals surface area (Å²) in [5.41, 5.74) is -0.708. The summed E-state index contributed by atoms with van der Waals surface area (Å²) >= 11 is 0. The van der Waals surface area contributed by atoms with Gasteiger partial charge < -0.3 is 19.5 Å². The minimum atomic E-state index is -1.18. The molecule has 2 fully saturated rings. The van der Waals surface area contributed by atoms with Gasteiger partial charge in [-0.15, -0.1) is 0 Å². The third-order valence-electron chi connectivity index (χ3n) is 4.23. The van der Waals surface area contributed by atoms with Gasteiger partial charge in [-0.25, -0.2) is 0 Å². The van der Waals surface area contributed by atoms with Crippen molar-refractivity contribution in [2.24, 2.45) is 11.8 Å². The molecule has 0 unspecified atom stereocenters. The van der Waals surface area contributed by atoms with Crippen LogP contribution in [0.1, 0.15) is 19.8 Å². The number of hydrogen-bond donors (Lipinski definition) is 0. The standard InChI is InChI=1S/C13H17NO4/c1-2-3-6-14-7-13-5-4-8(18-13)9(12(16)17)10(13)11(14)15/h4-5,8-10H,2-3,6-7H2,1H3,(H,16,17)/p-1/t8-,9-,10+,13-/m1/s1. The number of carboxylic acids is 1. The highest BCUT2D eigenvalue weighted by Gasteiger charge is 2.65. The van der Waals surface area contributed by atoms with Crippen molar-refractivity contribution in [3.05, 3.63) is 12.2 Å². The summed E-state index contributed by atoms with van der Waals surface area (Å²) in [7, 11) is 0. The molecule has 5 nitrogen and oxygen atoms in total. The second-order valence-corrected chi connectivity index (χ2v) is 5.33. The molecule has 0 aromatic carbocycles. The SMILES string of the molecule is CCCCN1C[C@@]23C=C[C@@H](O2)[C@@H](C(=O)[O-])[C@H]3C1=O. The lowest BCUT2D eigenvalue weighted by Gasteiger charge is -2.24. The molecule has 3 heterocycles. The van der Waals surface area contributed by atoms with Crippen LogP contribution in [-0.4, -0.2) is 41.6 Å². The number of ether oxygens (including phenoxy) is 1. The summed E-state index contributed by atoms with van der Waals surface area (Å²) in [5.74, 6) is -2.69. The molecular weight excluding hydrogens is 234 g/mol. The van der Waals surface area contributed by atoms with Gasteiger partial charge in [-0.05, 0) is 6.42 Å². The number of amides is 1. The molecule has 2 saturated heterocycles. The van der Waals surface area contributed by atoms with Crippen molar-refractivity contribution in [1.29, 1.82) is 0 Å². The molecule has 0 radical (unpaired) electrons. The van der Waals surface area contributed by atoms with Crippen LogP contribution in [0.5, 0.6) is 0 Å². The number of hydrogen-bond acceptors (Lipinski definition) is 4. The quantitative estimate of drug-likeness (QED) is 0.620. The third kappa shape index (κ3) is 1.37. The maximum Gasteiger partial charge on any atom is 0.229 e. The third-order valence-corrected chi connectivity index (χ3v) is 4.23. The molecule has 0 aromatic rings. The van der Waals surface area contributed by atoms with E-state index in [0.717, 1.165) is 12.8 Å². The predicted molar refractivity (Wildman–Crippen MR) is 60.2 cm³/mol. The molecule has 1 amide bonds. The monoisotopic (exact) mass is 250 g/mol. The van der Waals surface area contributed by atoms with Crippen molar-refractivity contribution < 1.29 is 19.4 Å². The van der Waals surface area contributed by atoms with Crippen molar-refractivity contribution in [3.8, 4) is 0 Å². The fraction of sp³-hybridized carbons (Fsp3) is 0.692. The highest BCUT2D eigenvalue weighted by atomic mass is 16.5. The van der Waals surface area contributed by atoms with Gasteiger partial charge in [-0.3, -0.25) is 4.79 Å². The summed E-state index contributed by atoms with van der Waals surface area (Å²) < 4.78 is 5.74. The predicted octanol–water partition coefficient (Wildman–Crippen LogP) is -0.682. The zero-order valence-electron chi connectivity index (χ0n) is 10.3. The molecule has 4 atom stereocenters. The molecule has 3 aliphatic heterocycles. The Balaban J connectivity index is 1.87. The molecule has 1 spiro atoms. The molecule has 18 heavy (non-hydrogen) atoms. The zero-order valence-corrected chi connectivity index (χ0v) is 10.3. The van der Waals surface area contributed by atoms with E-state index in [2.05, 4.69) is 6.92 Å². The molecule has 0 N–H and O–H groups in total. The minimum Gasteiger partial charge on any atom is -0.550 e. The molecule has 0 aliphatic carbocycles. The average Bonchev–Trinajstić information content (AvgIpc) is 2.95. The molecule has 98 valence electrons. The van der Waals surface area contributed by atoms with E-state index in [1.54, 1.807) is 11.0 Å². The zero-order chi connectivity index (χ0) is 12.9. The first-order chi connectivity index (χ1) is 8.59. The second-order valence-electron chi connectivity index (χ2n) is 5.33. The Labute approximate surface area is 105 Å². The van der Waals surface area contributed by atoms with Crippen LogP contribution < -0.4 is 5.11 Å². The number of unbranched alkanes of at least 4 members (excludes halogenated alkanes) is 1. The van der Waals surface area contributed by atoms with Gasteiger partial charge in [0.15, 0.2) is 0 Å². The highest BCUT2D eigenvalue weighted by Crippen LogP contribution is 2.51. The van der Waals surface area contributed by atoms with Crippen LogP contribution in [0.3, 0.4) is 0 Å². The molecule has 3 rings (SSSR count). The maximum atomic E-state index is 12.3. The van der Waals surface area contributed by atoms with Crippen LogP contribution in [0.15, 0.2) is 12.2 Å². The first kappa shape index (κ1) is 11.7. The summed E-state index contributed by atoms with van der Waals surface area (Å²) in [6, 6.07) is 0. The van der Waals surface area contributed by atoms with Crippen LogP contribution in [-0.2, 0) is 14.3 Å². The largest absolute Gasteiger partial charge is 0.550 e. The van der Waals surface area contributed by atoms with Crippen molar-refractivity contribution in [2.45, 2.75) is 31.5 Å². The van der Waals surface area contributed by atoms with E-state index in [1.165, 1.54) is 0 Å². The topological polar surface area (TPSA) is 69.7 Å². The van der Waals surface area contributed by atoms with E-state index >= 15 is 0 Å². The molecule has 0 aromatic heterocycles. The number of nitrogens with zero attached hydrogens (tertiary/aromatic N) is 1. The number of carbonyl (C=O) groups is 2. The summed E-state index contributed by atoms with van der Waals surface area (Å²) in [6.45, 7) is 3.22. The molecular formula is C13H16NO4-. The lowest BCUT2D eigenvalue weighted by molar-refractivity contribution is -0.313. The molecule has 5 heteroatoms. The van der Waals surface area contributed by atoms with Gasteiger partial charge in [0.05, 0.1) is 18.6 Å². The first-order valence-corrected chi connectivity index (χ1v) is 6.46. The van der Waals surface area contributed by atoms with Crippen LogP contribution in [0.2, 0.25) is 0 Å². The number of carbonyl (C=O) groups excluding carboxylic acids is 2. The Morgan fingerprint density at radius 2 is 2.44 bits per heavy atom. The van der Waals surface area contributed by atoms with Crippen LogP contribution in [0.25, 0.3) is 0 Å². The van der Waals surface area contributed by atoms with Gasteiger partial charge in [0.25, 0.3) is 0 Å². The number of rotatable bonds is 4. The van der Waals surface area contributed by atoms with Gasteiger partial charge in [0, 0.05) is 18.4 Å². The van der Waals surface area contributed by atoms with Gasteiger partial charge >= 0.3 is 0 Å². The average molecular weight is 250 g/mol. The van der Waals surface area contributed by atoms with Gasteiger partial charge in [0.1, 0.15) is 5.60 Å². The summed E-state index contributed by atoms with van der Waals surface area (Å²) in [4.78, 5) is 25.2. The fourth-order valence-electron chi connectivity index (χ4n) is 3.39. The number of fused-ring (bicyclic) bond motifs is 1. The smallest absolute Gasteiger partial charge is 0.229 e. The van der Waals surface area contributed by atoms with E-state index < -0.39 is 29.5 Å². The van der Waals surface area contributed by atoms with Gasteiger partial charge in [-0.1, -0.05) is 25.5 Å². The van der Waals surface area contributed by atoms with Crippen molar-refractivity contribution in [3.63, 3.8) is 0 Å². The normalized spacial score (nSPS) is 40.6. The molecule has 0 saturated carbocycles. The van der Waals surface area contributed by atoms with Crippen molar-refractivity contribution in [2.75, 3.05) is 13.1 Å². The Hall–Kier alpha value is -1.36. The Morgan fingerprint density at radius 1 is 1.67 bits per heavy atom. The molecule has 2 bridgehead atoms. The highest BCUT2D eigenvalue weighted by molar-refractivity contribution is 5.90. The van der Waals surface area contributed by atoms with E-state index in [0.29, 0.717) is 13.1 Å². The number of carboxylic acid groups (broad SMARTS) is 1. The van der Waals surface area contributed by atoms with E-state index in [-0.39, 0.29) is 5.91 Å². The number of aliphatic carboxylic acids is 1. The van der Waals surface area contributed by atoms with Crippen LogP contribution >= 0.6 is 0 Å². The molecule has 3 aliphatic rings. The van der Waals surface area contributed by atoms with E-state index in [9.17, 15) is 14.7 Å². The summed E-state index contributed by atoms with van der Waals surface area (Å²) in [6.07, 6.45) is 5.07. The Kier molecular flexibility index (Phi) is 2.48. The Morgan fingerprint density at radius 3 is 3.11 bits per heavy atom. The lowest BCUT2D eigenvalue weighted by atomic mass is 9.77. The van der Waals surface area contributed by atoms with Gasteiger partial charge in [0.2, 0.25) is 5.91 Å². The van der Waals surface area contributed by atoms with E-state index in [1.807, 2.05) is 6.08 Å². The Bertz CT molecular complexity index is 433. The first-order valence-electron chi connectivity index (χ1n) is 6.46. The lowest BCUT2D eigenvalue weighted by Crippen LogP contribution is -2.45. The summed E-state index contributed by atoms with van der Waals surface area (Å²) in [5, 5.41) is 11.2. The number of likely N-dealkylation sites (tertiary alicyclic amines) is 1. The van der Waals surface area contributed by atoms with E-state index in [4.69, 9.17) is 4.74 Å².